The van der Waals surface area contributed by atoms with Gasteiger partial charge in [-0.3, -0.25) is 4.79 Å². The van der Waals surface area contributed by atoms with Crippen LogP contribution in [0, 0.1) is 0 Å². The molecule has 0 spiro atoms. The van der Waals surface area contributed by atoms with E-state index in [1.54, 1.807) is 0 Å². The number of carboxylic acid groups (broad SMARTS) is 1. The molecule has 0 saturated heterocycles. The van der Waals surface area contributed by atoms with Gasteiger partial charge < -0.3 is 22.1 Å². The largest absolute Gasteiger partial charge is 1.00 e. The fraction of sp³-hybridized carbons (Fsp3) is 0.950. The molecule has 0 aromatic heterocycles. The molecular formula is C20H41BrO2S. The third kappa shape index (κ3) is 22.3. The van der Waals surface area contributed by atoms with Gasteiger partial charge in [0.15, 0.2) is 0 Å². The van der Waals surface area contributed by atoms with Crippen molar-refractivity contribution in [2.45, 2.75) is 103 Å². The predicted octanol–water partition coefficient (Wildman–Crippen LogP) is 3.19. The SMILES string of the molecule is CCCCCCCCCCCCCCCC[S+](C)CCC(=O)O.[Br-]. The molecule has 0 bridgehead atoms. The summed E-state index contributed by atoms with van der Waals surface area (Å²) in [6.45, 7) is 2.28. The van der Waals surface area contributed by atoms with Crippen LogP contribution in [0.25, 0.3) is 0 Å². The number of carboxylic acids is 1. The molecule has 0 radical (unpaired) electrons. The van der Waals surface area contributed by atoms with Crippen LogP contribution in [-0.2, 0) is 15.7 Å². The van der Waals surface area contributed by atoms with Crippen molar-refractivity contribution in [2.75, 3.05) is 17.8 Å². The predicted molar refractivity (Wildman–Crippen MR) is 106 cm³/mol. The highest BCUT2D eigenvalue weighted by Crippen LogP contribution is 2.13. The molecule has 1 N–H and O–H groups in total. The monoisotopic (exact) mass is 424 g/mol. The molecule has 2 nitrogen and oxygen atoms in total. The summed E-state index contributed by atoms with van der Waals surface area (Å²) in [5, 5.41) is 8.66. The Hall–Kier alpha value is 0.300. The summed E-state index contributed by atoms with van der Waals surface area (Å²) in [7, 11) is 0.312. The lowest BCUT2D eigenvalue weighted by atomic mass is 10.0. The van der Waals surface area contributed by atoms with E-state index in [1.165, 1.54) is 95.6 Å². The second-order valence-electron chi connectivity index (χ2n) is 6.93. The van der Waals surface area contributed by atoms with Crippen LogP contribution in [0.2, 0.25) is 0 Å². The van der Waals surface area contributed by atoms with Crippen molar-refractivity contribution in [2.24, 2.45) is 0 Å². The van der Waals surface area contributed by atoms with Crippen molar-refractivity contribution >= 4 is 16.9 Å². The molecular weight excluding hydrogens is 384 g/mol. The zero-order chi connectivity index (χ0) is 17.2. The van der Waals surface area contributed by atoms with E-state index in [2.05, 4.69) is 13.2 Å². The summed E-state index contributed by atoms with van der Waals surface area (Å²) in [4.78, 5) is 10.5. The minimum atomic E-state index is -0.648. The maximum absolute atomic E-state index is 10.5. The Bertz CT molecular complexity index is 262. The third-order valence-corrected chi connectivity index (χ3v) is 6.40. The zero-order valence-electron chi connectivity index (χ0n) is 16.2. The van der Waals surface area contributed by atoms with Crippen molar-refractivity contribution in [3.8, 4) is 0 Å². The van der Waals surface area contributed by atoms with Gasteiger partial charge in [-0.05, 0) is 23.7 Å². The summed E-state index contributed by atoms with van der Waals surface area (Å²) in [5.74, 6) is 1.45. The first-order valence-corrected chi connectivity index (χ1v) is 11.9. The maximum Gasteiger partial charge on any atom is 0.308 e. The second kappa shape index (κ2) is 21.3. The summed E-state index contributed by atoms with van der Waals surface area (Å²) in [6.07, 6.45) is 22.2. The average Bonchev–Trinajstić information content (AvgIpc) is 2.53. The molecule has 146 valence electrons. The minimum absolute atomic E-state index is 0. The van der Waals surface area contributed by atoms with Crippen molar-refractivity contribution in [1.82, 2.24) is 0 Å². The Balaban J connectivity index is 0. The molecule has 0 rings (SSSR count). The number of unbranched alkanes of at least 4 members (excludes halogenated alkanes) is 13. The summed E-state index contributed by atoms with van der Waals surface area (Å²) < 4.78 is 0. The first-order valence-electron chi connectivity index (χ1n) is 9.97. The lowest BCUT2D eigenvalue weighted by Crippen LogP contribution is -3.00. The standard InChI is InChI=1S/C20H40O2S.BrH/c1-3-4-5-6-7-8-9-10-11-12-13-14-15-16-18-23(2)19-17-20(21)22;/h3-19H2,1-2H3;1H. The van der Waals surface area contributed by atoms with Gasteiger partial charge in [0, 0.05) is 0 Å². The Morgan fingerprint density at radius 3 is 1.46 bits per heavy atom. The van der Waals surface area contributed by atoms with Gasteiger partial charge >= 0.3 is 5.97 Å². The second-order valence-corrected chi connectivity index (χ2v) is 9.31. The Morgan fingerprint density at radius 1 is 0.708 bits per heavy atom. The van der Waals surface area contributed by atoms with Crippen LogP contribution in [-0.4, -0.2) is 28.8 Å². The molecule has 0 aliphatic rings. The van der Waals surface area contributed by atoms with E-state index in [1.807, 2.05) is 0 Å². The lowest BCUT2D eigenvalue weighted by molar-refractivity contribution is -0.136. The molecule has 1 unspecified atom stereocenters. The van der Waals surface area contributed by atoms with Crippen LogP contribution < -0.4 is 17.0 Å². The zero-order valence-corrected chi connectivity index (χ0v) is 18.6. The van der Waals surface area contributed by atoms with Crippen LogP contribution in [0.15, 0.2) is 0 Å². The Morgan fingerprint density at radius 2 is 1.08 bits per heavy atom. The first-order chi connectivity index (χ1) is 11.2. The minimum Gasteiger partial charge on any atom is -1.00 e. The van der Waals surface area contributed by atoms with Crippen LogP contribution >= 0.6 is 0 Å². The van der Waals surface area contributed by atoms with Gasteiger partial charge in [0.1, 0.15) is 11.5 Å². The van der Waals surface area contributed by atoms with E-state index in [-0.39, 0.29) is 17.0 Å². The Kier molecular flexibility index (Phi) is 23.6. The van der Waals surface area contributed by atoms with E-state index in [0.717, 1.165) is 5.75 Å². The third-order valence-electron chi connectivity index (χ3n) is 4.51. The molecule has 0 aromatic carbocycles. The molecule has 0 aliphatic carbocycles. The molecule has 0 saturated carbocycles. The van der Waals surface area contributed by atoms with Gasteiger partial charge in [-0.2, -0.15) is 0 Å². The fourth-order valence-corrected chi connectivity index (χ4v) is 4.33. The number of carbonyl (C=O) groups is 1. The van der Waals surface area contributed by atoms with Crippen LogP contribution in [0.1, 0.15) is 103 Å². The maximum atomic E-state index is 10.5. The lowest BCUT2D eigenvalue weighted by Gasteiger charge is -2.04. The summed E-state index contributed by atoms with van der Waals surface area (Å²) >= 11 is 0. The van der Waals surface area contributed by atoms with Crippen molar-refractivity contribution in [1.29, 1.82) is 0 Å². The molecule has 0 amide bonds. The number of aliphatic carboxylic acids is 1. The number of rotatable bonds is 18. The normalized spacial score (nSPS) is 11.9. The Labute approximate surface area is 164 Å². The van der Waals surface area contributed by atoms with E-state index in [4.69, 9.17) is 5.11 Å². The molecule has 0 aromatic rings. The quantitative estimate of drug-likeness (QED) is 0.271. The van der Waals surface area contributed by atoms with Crippen LogP contribution in [0.3, 0.4) is 0 Å². The van der Waals surface area contributed by atoms with Crippen molar-refractivity contribution in [3.05, 3.63) is 0 Å². The van der Waals surface area contributed by atoms with Crippen molar-refractivity contribution in [3.63, 3.8) is 0 Å². The van der Waals surface area contributed by atoms with E-state index in [0.29, 0.717) is 17.3 Å². The molecule has 4 heteroatoms. The molecule has 0 aliphatic heterocycles. The topological polar surface area (TPSA) is 37.3 Å². The fourth-order valence-electron chi connectivity index (χ4n) is 2.91. The highest BCUT2D eigenvalue weighted by atomic mass is 79.9. The van der Waals surface area contributed by atoms with Crippen molar-refractivity contribution < 1.29 is 26.9 Å². The smallest absolute Gasteiger partial charge is 0.308 e. The average molecular weight is 426 g/mol. The number of hydrogen-bond acceptors (Lipinski definition) is 1. The van der Waals surface area contributed by atoms with Gasteiger partial charge in [0.2, 0.25) is 0 Å². The van der Waals surface area contributed by atoms with Gasteiger partial charge in [-0.15, -0.1) is 0 Å². The summed E-state index contributed by atoms with van der Waals surface area (Å²) in [5.41, 5.74) is 0. The van der Waals surface area contributed by atoms with E-state index >= 15 is 0 Å². The highest BCUT2D eigenvalue weighted by Gasteiger charge is 2.12. The molecule has 0 heterocycles. The summed E-state index contributed by atoms with van der Waals surface area (Å²) in [6, 6.07) is 0. The van der Waals surface area contributed by atoms with Gasteiger partial charge in [0.25, 0.3) is 0 Å². The molecule has 1 atom stereocenters. The van der Waals surface area contributed by atoms with Gasteiger partial charge in [-0.1, -0.05) is 84.0 Å². The van der Waals surface area contributed by atoms with E-state index in [9.17, 15) is 4.79 Å². The molecule has 0 fully saturated rings. The van der Waals surface area contributed by atoms with Crippen LogP contribution in [0.5, 0.6) is 0 Å². The van der Waals surface area contributed by atoms with Crippen LogP contribution in [0.4, 0.5) is 0 Å². The van der Waals surface area contributed by atoms with Gasteiger partial charge in [-0.25, -0.2) is 0 Å². The number of halogens is 1. The highest BCUT2D eigenvalue weighted by molar-refractivity contribution is 7.96. The number of hydrogen-bond donors (Lipinski definition) is 1. The first kappa shape index (κ1) is 26.5. The van der Waals surface area contributed by atoms with E-state index < -0.39 is 5.97 Å². The molecule has 24 heavy (non-hydrogen) atoms. The van der Waals surface area contributed by atoms with Gasteiger partial charge in [0.05, 0.1) is 12.7 Å².